The van der Waals surface area contributed by atoms with Gasteiger partial charge in [0.25, 0.3) is 0 Å². The quantitative estimate of drug-likeness (QED) is 0.248. The Bertz CT molecular complexity index is 302. The summed E-state index contributed by atoms with van der Waals surface area (Å²) in [5.74, 6) is 0.548. The van der Waals surface area contributed by atoms with Crippen LogP contribution in [0.15, 0.2) is 0 Å². The fourth-order valence-electron chi connectivity index (χ4n) is 3.14. The van der Waals surface area contributed by atoms with Gasteiger partial charge >= 0.3 is 5.97 Å². The first-order valence-electron chi connectivity index (χ1n) is 10.5. The molecule has 0 saturated carbocycles. The SMILES string of the molecule is CCCCCCCCCCCCOC(=O)C(CC(C)C)C(C)(C)C. The fourth-order valence-corrected chi connectivity index (χ4v) is 3.14. The lowest BCUT2D eigenvalue weighted by molar-refractivity contribution is -0.153. The molecule has 2 nitrogen and oxygen atoms in total. The third kappa shape index (κ3) is 12.8. The van der Waals surface area contributed by atoms with E-state index in [9.17, 15) is 4.79 Å². The van der Waals surface area contributed by atoms with Crippen LogP contribution in [-0.4, -0.2) is 12.6 Å². The number of unbranched alkanes of at least 4 members (excludes halogenated alkanes) is 9. The molecule has 0 heterocycles. The van der Waals surface area contributed by atoms with Gasteiger partial charge in [0, 0.05) is 0 Å². The van der Waals surface area contributed by atoms with E-state index in [1.54, 1.807) is 0 Å². The Kier molecular flexibility index (Phi) is 13.4. The molecule has 0 bridgehead atoms. The summed E-state index contributed by atoms with van der Waals surface area (Å²) in [6.07, 6.45) is 14.0. The van der Waals surface area contributed by atoms with Crippen LogP contribution in [0.2, 0.25) is 0 Å². The van der Waals surface area contributed by atoms with Crippen LogP contribution < -0.4 is 0 Å². The van der Waals surface area contributed by atoms with Crippen molar-refractivity contribution in [3.63, 3.8) is 0 Å². The second-order valence-corrected chi connectivity index (χ2v) is 8.90. The van der Waals surface area contributed by atoms with Gasteiger partial charge in [-0.15, -0.1) is 0 Å². The summed E-state index contributed by atoms with van der Waals surface area (Å²) in [4.78, 5) is 12.4. The van der Waals surface area contributed by atoms with Crippen molar-refractivity contribution in [3.8, 4) is 0 Å². The fraction of sp³-hybridized carbons (Fsp3) is 0.955. The molecular formula is C22H44O2. The van der Waals surface area contributed by atoms with Gasteiger partial charge in [0.05, 0.1) is 12.5 Å². The minimum atomic E-state index is -0.0148. The molecule has 0 aliphatic heterocycles. The summed E-state index contributed by atoms with van der Waals surface area (Å²) < 4.78 is 5.56. The molecule has 0 amide bonds. The van der Waals surface area contributed by atoms with Gasteiger partial charge in [0.1, 0.15) is 0 Å². The van der Waals surface area contributed by atoms with Gasteiger partial charge in [0.2, 0.25) is 0 Å². The lowest BCUT2D eigenvalue weighted by Gasteiger charge is -2.30. The number of carbonyl (C=O) groups excluding carboxylic acids is 1. The van der Waals surface area contributed by atoms with E-state index in [2.05, 4.69) is 41.5 Å². The van der Waals surface area contributed by atoms with Crippen molar-refractivity contribution in [2.75, 3.05) is 6.61 Å². The molecule has 0 spiro atoms. The summed E-state index contributed by atoms with van der Waals surface area (Å²) in [6.45, 7) is 13.6. The first-order valence-corrected chi connectivity index (χ1v) is 10.5. The van der Waals surface area contributed by atoms with Crippen LogP contribution in [0.1, 0.15) is 112 Å². The van der Waals surface area contributed by atoms with Gasteiger partial charge in [-0.25, -0.2) is 0 Å². The minimum absolute atomic E-state index is 0.00660. The zero-order valence-corrected chi connectivity index (χ0v) is 17.5. The third-order valence-corrected chi connectivity index (χ3v) is 4.78. The van der Waals surface area contributed by atoms with E-state index in [0.717, 1.165) is 12.8 Å². The lowest BCUT2D eigenvalue weighted by Crippen LogP contribution is -2.31. The van der Waals surface area contributed by atoms with Crippen molar-refractivity contribution in [3.05, 3.63) is 0 Å². The Morgan fingerprint density at radius 3 is 1.71 bits per heavy atom. The van der Waals surface area contributed by atoms with Crippen molar-refractivity contribution in [2.45, 2.75) is 112 Å². The highest BCUT2D eigenvalue weighted by molar-refractivity contribution is 5.73. The predicted molar refractivity (Wildman–Crippen MR) is 105 cm³/mol. The van der Waals surface area contributed by atoms with Crippen LogP contribution in [-0.2, 0) is 9.53 Å². The van der Waals surface area contributed by atoms with Gasteiger partial charge < -0.3 is 4.74 Å². The molecule has 0 saturated heterocycles. The zero-order chi connectivity index (χ0) is 18.4. The maximum Gasteiger partial charge on any atom is 0.309 e. The molecule has 1 unspecified atom stereocenters. The van der Waals surface area contributed by atoms with Crippen molar-refractivity contribution in [2.24, 2.45) is 17.3 Å². The molecule has 0 aromatic rings. The third-order valence-electron chi connectivity index (χ3n) is 4.78. The molecular weight excluding hydrogens is 296 g/mol. The average Bonchev–Trinajstić information content (AvgIpc) is 2.48. The smallest absolute Gasteiger partial charge is 0.309 e. The van der Waals surface area contributed by atoms with Gasteiger partial charge in [0.15, 0.2) is 0 Å². The zero-order valence-electron chi connectivity index (χ0n) is 17.5. The highest BCUT2D eigenvalue weighted by atomic mass is 16.5. The normalized spacial score (nSPS) is 13.3. The molecule has 0 fully saturated rings. The van der Waals surface area contributed by atoms with Gasteiger partial charge in [-0.3, -0.25) is 4.79 Å². The summed E-state index contributed by atoms with van der Waals surface area (Å²) >= 11 is 0. The van der Waals surface area contributed by atoms with E-state index in [1.165, 1.54) is 57.8 Å². The van der Waals surface area contributed by atoms with Crippen LogP contribution in [0.4, 0.5) is 0 Å². The first kappa shape index (κ1) is 23.5. The van der Waals surface area contributed by atoms with E-state index < -0.39 is 0 Å². The molecule has 0 aromatic carbocycles. The van der Waals surface area contributed by atoms with Crippen LogP contribution >= 0.6 is 0 Å². The minimum Gasteiger partial charge on any atom is -0.465 e. The highest BCUT2D eigenvalue weighted by Crippen LogP contribution is 2.32. The monoisotopic (exact) mass is 340 g/mol. The summed E-state index contributed by atoms with van der Waals surface area (Å²) in [7, 11) is 0. The number of hydrogen-bond acceptors (Lipinski definition) is 2. The Labute approximate surface area is 152 Å². The molecule has 0 rings (SSSR count). The summed E-state index contributed by atoms with van der Waals surface area (Å²) in [6, 6.07) is 0. The van der Waals surface area contributed by atoms with E-state index in [-0.39, 0.29) is 17.3 Å². The molecule has 0 aromatic heterocycles. The van der Waals surface area contributed by atoms with Crippen LogP contribution in [0, 0.1) is 17.3 Å². The van der Waals surface area contributed by atoms with Gasteiger partial charge in [-0.05, 0) is 24.2 Å². The van der Waals surface area contributed by atoms with Crippen molar-refractivity contribution in [1.29, 1.82) is 0 Å². The van der Waals surface area contributed by atoms with E-state index in [4.69, 9.17) is 4.74 Å². The summed E-state index contributed by atoms with van der Waals surface area (Å²) in [5, 5.41) is 0. The van der Waals surface area contributed by atoms with Crippen molar-refractivity contribution in [1.82, 2.24) is 0 Å². The molecule has 0 radical (unpaired) electrons. The number of esters is 1. The van der Waals surface area contributed by atoms with Crippen LogP contribution in [0.5, 0.6) is 0 Å². The lowest BCUT2D eigenvalue weighted by atomic mass is 9.76. The first-order chi connectivity index (χ1) is 11.3. The molecule has 144 valence electrons. The standard InChI is InChI=1S/C22H44O2/c1-7-8-9-10-11-12-13-14-15-16-17-24-21(23)20(18-19(2)3)22(4,5)6/h19-20H,7-18H2,1-6H3. The maximum atomic E-state index is 12.4. The Hall–Kier alpha value is -0.530. The number of ether oxygens (including phenoxy) is 1. The molecule has 2 heteroatoms. The Balaban J connectivity index is 3.70. The predicted octanol–water partition coefficient (Wildman–Crippen LogP) is 7.16. The number of carbonyl (C=O) groups is 1. The Morgan fingerprint density at radius 1 is 0.833 bits per heavy atom. The highest BCUT2D eigenvalue weighted by Gasteiger charge is 2.32. The molecule has 1 atom stereocenters. The van der Waals surface area contributed by atoms with Crippen LogP contribution in [0.25, 0.3) is 0 Å². The van der Waals surface area contributed by atoms with Gasteiger partial charge in [-0.1, -0.05) is 99.3 Å². The van der Waals surface area contributed by atoms with Gasteiger partial charge in [-0.2, -0.15) is 0 Å². The second-order valence-electron chi connectivity index (χ2n) is 8.90. The summed E-state index contributed by atoms with van der Waals surface area (Å²) in [5.41, 5.74) is -0.0148. The Morgan fingerprint density at radius 2 is 1.29 bits per heavy atom. The molecule has 0 aliphatic rings. The molecule has 24 heavy (non-hydrogen) atoms. The average molecular weight is 341 g/mol. The molecule has 0 aliphatic carbocycles. The van der Waals surface area contributed by atoms with E-state index >= 15 is 0 Å². The number of rotatable bonds is 14. The van der Waals surface area contributed by atoms with E-state index in [1.807, 2.05) is 0 Å². The number of hydrogen-bond donors (Lipinski definition) is 0. The van der Waals surface area contributed by atoms with Crippen molar-refractivity contribution >= 4 is 5.97 Å². The topological polar surface area (TPSA) is 26.3 Å². The largest absolute Gasteiger partial charge is 0.465 e. The maximum absolute atomic E-state index is 12.4. The van der Waals surface area contributed by atoms with E-state index in [0.29, 0.717) is 12.5 Å². The van der Waals surface area contributed by atoms with Crippen LogP contribution in [0.3, 0.4) is 0 Å². The molecule has 0 N–H and O–H groups in total. The van der Waals surface area contributed by atoms with Crippen molar-refractivity contribution < 1.29 is 9.53 Å². The second kappa shape index (κ2) is 13.7.